The first kappa shape index (κ1) is 24.4. The van der Waals surface area contributed by atoms with Gasteiger partial charge in [-0.2, -0.15) is 0 Å². The Labute approximate surface area is 209 Å². The van der Waals surface area contributed by atoms with Crippen molar-refractivity contribution in [2.45, 2.75) is 11.6 Å². The Morgan fingerprint density at radius 2 is 1.94 bits per heavy atom. The second-order valence-electron chi connectivity index (χ2n) is 7.56. The van der Waals surface area contributed by atoms with Gasteiger partial charge in [0.1, 0.15) is 11.2 Å². The number of hydrogen-bond donors (Lipinski definition) is 3. The second-order valence-corrected chi connectivity index (χ2v) is 8.74. The molecule has 9 nitrogen and oxygen atoms in total. The molecule has 0 atom stereocenters. The Balaban J connectivity index is 1.51. The fourth-order valence-electron chi connectivity index (χ4n) is 3.35. The van der Waals surface area contributed by atoms with Crippen molar-refractivity contribution in [3.8, 4) is 0 Å². The number of H-pyrrole nitrogens is 1. The minimum absolute atomic E-state index is 0.144. The van der Waals surface area contributed by atoms with Gasteiger partial charge in [0.25, 0.3) is 17.4 Å². The summed E-state index contributed by atoms with van der Waals surface area (Å²) in [5.74, 6) is 4.85. The summed E-state index contributed by atoms with van der Waals surface area (Å²) in [4.78, 5) is 49.2. The van der Waals surface area contributed by atoms with Crippen LogP contribution in [0.3, 0.4) is 0 Å². The van der Waals surface area contributed by atoms with Crippen molar-refractivity contribution in [2.75, 3.05) is 18.1 Å². The average Bonchev–Trinajstić information content (AvgIpc) is 2.87. The van der Waals surface area contributed by atoms with Crippen LogP contribution in [0.4, 0.5) is 5.69 Å². The highest BCUT2D eigenvalue weighted by Gasteiger charge is 2.18. The van der Waals surface area contributed by atoms with E-state index in [2.05, 4.69) is 20.3 Å². The summed E-state index contributed by atoms with van der Waals surface area (Å²) < 4.78 is 0. The number of rotatable bonds is 7. The van der Waals surface area contributed by atoms with Gasteiger partial charge in [-0.15, -0.1) is 0 Å². The van der Waals surface area contributed by atoms with E-state index in [1.807, 2.05) is 36.6 Å². The van der Waals surface area contributed by atoms with Crippen LogP contribution in [0.15, 0.2) is 70.7 Å². The number of nitrogens with two attached hydrogens (primary N) is 1. The minimum Gasteiger partial charge on any atom is -0.320 e. The summed E-state index contributed by atoms with van der Waals surface area (Å²) in [6.07, 6.45) is 3.93. The van der Waals surface area contributed by atoms with E-state index in [1.54, 1.807) is 0 Å². The Hall–Kier alpha value is -3.73. The van der Waals surface area contributed by atoms with Crippen LogP contribution in [0.25, 0.3) is 11.0 Å². The zero-order valence-electron chi connectivity index (χ0n) is 18.6. The number of nitrogens with one attached hydrogen (secondary N) is 2. The third kappa shape index (κ3) is 5.68. The summed E-state index contributed by atoms with van der Waals surface area (Å²) in [5, 5.41) is 4.91. The van der Waals surface area contributed by atoms with E-state index < -0.39 is 17.4 Å². The van der Waals surface area contributed by atoms with Crippen LogP contribution in [0.2, 0.25) is 5.02 Å². The lowest BCUT2D eigenvalue weighted by molar-refractivity contribution is 0.0757. The SMILES string of the molecule is CSc1ncc2cc(C(=O)Nc3cc(C(=O)N(N)CCc4ccccc4)ccc3Cl)c(=O)[nH]c2n1. The van der Waals surface area contributed by atoms with Gasteiger partial charge in [-0.05, 0) is 42.5 Å². The first-order chi connectivity index (χ1) is 16.9. The van der Waals surface area contributed by atoms with Crippen LogP contribution in [0, 0.1) is 0 Å². The number of thioether (sulfide) groups is 1. The molecule has 4 N–H and O–H groups in total. The van der Waals surface area contributed by atoms with Gasteiger partial charge in [-0.1, -0.05) is 53.7 Å². The van der Waals surface area contributed by atoms with Crippen LogP contribution in [-0.4, -0.2) is 44.6 Å². The lowest BCUT2D eigenvalue weighted by atomic mass is 10.1. The fraction of sp³-hybridized carbons (Fsp3) is 0.125. The predicted molar refractivity (Wildman–Crippen MR) is 137 cm³/mol. The summed E-state index contributed by atoms with van der Waals surface area (Å²) in [6.45, 7) is 0.306. The summed E-state index contributed by atoms with van der Waals surface area (Å²) in [5.41, 5.74) is 1.04. The number of hydrazine groups is 1. The number of nitrogens with zero attached hydrogens (tertiary/aromatic N) is 3. The Morgan fingerprint density at radius 1 is 1.17 bits per heavy atom. The Kier molecular flexibility index (Phi) is 7.45. The highest BCUT2D eigenvalue weighted by Crippen LogP contribution is 2.24. The van der Waals surface area contributed by atoms with Gasteiger partial charge in [-0.3, -0.25) is 19.4 Å². The topological polar surface area (TPSA) is 134 Å². The van der Waals surface area contributed by atoms with Crippen LogP contribution < -0.4 is 16.7 Å². The molecule has 2 heterocycles. The third-order valence-corrected chi connectivity index (χ3v) is 6.10. The molecule has 2 amide bonds. The van der Waals surface area contributed by atoms with Crippen molar-refractivity contribution in [1.29, 1.82) is 0 Å². The first-order valence-corrected chi connectivity index (χ1v) is 12.1. The predicted octanol–water partition coefficient (Wildman–Crippen LogP) is 3.50. The van der Waals surface area contributed by atoms with Crippen molar-refractivity contribution in [3.63, 3.8) is 0 Å². The largest absolute Gasteiger partial charge is 0.320 e. The highest BCUT2D eigenvalue weighted by atomic mass is 35.5. The standard InChI is InChI=1S/C24H21ClN6O3S/c1-35-24-27-13-16-11-17(22(33)29-20(16)30-24)21(32)28-19-12-15(7-8-18(19)25)23(34)31(26)10-9-14-5-3-2-4-6-14/h2-8,11-13H,9-10,26H2,1H3,(H,28,32)(H,27,29,30,33). The second kappa shape index (κ2) is 10.7. The number of hydrogen-bond acceptors (Lipinski definition) is 7. The van der Waals surface area contributed by atoms with E-state index in [0.29, 0.717) is 29.2 Å². The van der Waals surface area contributed by atoms with Gasteiger partial charge in [0, 0.05) is 23.7 Å². The van der Waals surface area contributed by atoms with Gasteiger partial charge < -0.3 is 10.3 Å². The molecule has 2 aromatic heterocycles. The van der Waals surface area contributed by atoms with Crippen molar-refractivity contribution >= 4 is 51.9 Å². The van der Waals surface area contributed by atoms with Crippen LogP contribution in [0.5, 0.6) is 0 Å². The lowest BCUT2D eigenvalue weighted by Crippen LogP contribution is -2.39. The summed E-state index contributed by atoms with van der Waals surface area (Å²) in [6, 6.07) is 15.5. The highest BCUT2D eigenvalue weighted by molar-refractivity contribution is 7.98. The molecular formula is C24H21ClN6O3S. The molecule has 35 heavy (non-hydrogen) atoms. The van der Waals surface area contributed by atoms with Gasteiger partial charge in [0.2, 0.25) is 0 Å². The first-order valence-electron chi connectivity index (χ1n) is 10.5. The van der Waals surface area contributed by atoms with Crippen molar-refractivity contribution in [3.05, 3.63) is 92.9 Å². The monoisotopic (exact) mass is 508 g/mol. The normalized spacial score (nSPS) is 10.8. The average molecular weight is 509 g/mol. The van der Waals surface area contributed by atoms with E-state index in [-0.39, 0.29) is 21.8 Å². The molecule has 0 spiro atoms. The lowest BCUT2D eigenvalue weighted by Gasteiger charge is -2.17. The number of anilines is 1. The Morgan fingerprint density at radius 3 is 2.69 bits per heavy atom. The molecule has 0 aliphatic rings. The number of aromatic amines is 1. The Bertz CT molecular complexity index is 1460. The van der Waals surface area contributed by atoms with Gasteiger partial charge in [-0.25, -0.2) is 15.8 Å². The van der Waals surface area contributed by atoms with Crippen LogP contribution in [-0.2, 0) is 6.42 Å². The number of carbonyl (C=O) groups is 2. The molecule has 0 radical (unpaired) electrons. The van der Waals surface area contributed by atoms with E-state index in [4.69, 9.17) is 17.4 Å². The van der Waals surface area contributed by atoms with E-state index >= 15 is 0 Å². The molecule has 0 saturated carbocycles. The molecule has 0 fully saturated rings. The van der Waals surface area contributed by atoms with Crippen molar-refractivity contribution < 1.29 is 9.59 Å². The van der Waals surface area contributed by atoms with Crippen LogP contribution in [0.1, 0.15) is 26.3 Å². The number of pyridine rings is 1. The zero-order valence-corrected chi connectivity index (χ0v) is 20.2. The molecule has 178 valence electrons. The van der Waals surface area contributed by atoms with Crippen LogP contribution >= 0.6 is 23.4 Å². The molecule has 11 heteroatoms. The van der Waals surface area contributed by atoms with E-state index in [0.717, 1.165) is 10.6 Å². The van der Waals surface area contributed by atoms with E-state index in [1.165, 1.54) is 42.2 Å². The molecule has 2 aromatic carbocycles. The number of aromatic nitrogens is 3. The molecule has 0 unspecified atom stereocenters. The van der Waals surface area contributed by atoms with Gasteiger partial charge in [0.15, 0.2) is 5.16 Å². The molecule has 0 aliphatic carbocycles. The summed E-state index contributed by atoms with van der Waals surface area (Å²) >= 11 is 7.57. The number of fused-ring (bicyclic) bond motifs is 1. The smallest absolute Gasteiger partial charge is 0.267 e. The third-order valence-electron chi connectivity index (χ3n) is 5.21. The molecule has 0 saturated heterocycles. The molecule has 0 aliphatic heterocycles. The maximum atomic E-state index is 12.9. The quantitative estimate of drug-likeness (QED) is 0.114. The zero-order chi connectivity index (χ0) is 24.9. The molecule has 4 aromatic rings. The van der Waals surface area contributed by atoms with Crippen molar-refractivity contribution in [2.24, 2.45) is 5.84 Å². The number of carbonyl (C=O) groups excluding carboxylic acids is 2. The number of halogens is 1. The number of amides is 2. The minimum atomic E-state index is -0.692. The molecule has 4 rings (SSSR count). The maximum Gasteiger partial charge on any atom is 0.267 e. The number of benzene rings is 2. The van der Waals surface area contributed by atoms with Gasteiger partial charge in [0.05, 0.1) is 10.7 Å². The summed E-state index contributed by atoms with van der Waals surface area (Å²) in [7, 11) is 0. The maximum absolute atomic E-state index is 12.9. The fourth-order valence-corrected chi connectivity index (χ4v) is 3.85. The van der Waals surface area contributed by atoms with E-state index in [9.17, 15) is 14.4 Å². The van der Waals surface area contributed by atoms with Gasteiger partial charge >= 0.3 is 0 Å². The molecular weight excluding hydrogens is 488 g/mol. The van der Waals surface area contributed by atoms with Crippen molar-refractivity contribution in [1.82, 2.24) is 20.0 Å². The molecule has 0 bridgehead atoms.